The molecule has 0 bridgehead atoms. The molecule has 0 atom stereocenters. The third-order valence-corrected chi connectivity index (χ3v) is 2.31. The third-order valence-electron chi connectivity index (χ3n) is 2.31. The summed E-state index contributed by atoms with van der Waals surface area (Å²) in [6.07, 6.45) is -3.95. The molecule has 0 radical (unpaired) electrons. The van der Waals surface area contributed by atoms with Crippen LogP contribution in [-0.4, -0.2) is 30.9 Å². The normalized spacial score (nSPS) is 11.2. The number of carbonyl (C=O) groups is 1. The molecule has 1 aromatic heterocycles. The Bertz CT molecular complexity index is 420. The van der Waals surface area contributed by atoms with E-state index in [1.807, 2.05) is 0 Å². The number of halogens is 4. The molecule has 112 valence electrons. The van der Waals surface area contributed by atoms with Gasteiger partial charge in [0.2, 0.25) is 0 Å². The Balaban J connectivity index is 2.30. The molecule has 1 N–H and O–H groups in total. The largest absolute Gasteiger partial charge is 0.449 e. The van der Waals surface area contributed by atoms with Crippen LogP contribution in [0.15, 0.2) is 18.3 Å². The maximum atomic E-state index is 12.3. The SMILES string of the molecule is O=C(NCCc1ccc(C(F)(F)F)cn1)OCCCF. The van der Waals surface area contributed by atoms with Gasteiger partial charge in [-0.05, 0) is 12.1 Å². The Kier molecular flexibility index (Phi) is 6.20. The van der Waals surface area contributed by atoms with Crippen molar-refractivity contribution < 1.29 is 27.1 Å². The average molecular weight is 294 g/mol. The summed E-state index contributed by atoms with van der Waals surface area (Å²) in [5.74, 6) is 0. The molecule has 0 fully saturated rings. The van der Waals surface area contributed by atoms with Gasteiger partial charge in [-0.15, -0.1) is 0 Å². The quantitative estimate of drug-likeness (QED) is 0.648. The fourth-order valence-corrected chi connectivity index (χ4v) is 1.30. The van der Waals surface area contributed by atoms with Crippen molar-refractivity contribution in [2.75, 3.05) is 19.8 Å². The molecule has 1 rings (SSSR count). The van der Waals surface area contributed by atoms with Crippen LogP contribution in [-0.2, 0) is 17.3 Å². The number of nitrogens with zero attached hydrogens (tertiary/aromatic N) is 1. The number of hydrogen-bond donors (Lipinski definition) is 1. The molecule has 0 saturated heterocycles. The van der Waals surface area contributed by atoms with Crippen LogP contribution in [0.2, 0.25) is 0 Å². The highest BCUT2D eigenvalue weighted by Crippen LogP contribution is 2.28. The van der Waals surface area contributed by atoms with E-state index in [0.29, 0.717) is 5.69 Å². The summed E-state index contributed by atoms with van der Waals surface area (Å²) in [5.41, 5.74) is -0.401. The fourth-order valence-electron chi connectivity index (χ4n) is 1.30. The van der Waals surface area contributed by atoms with Gasteiger partial charge in [0.05, 0.1) is 18.8 Å². The van der Waals surface area contributed by atoms with Crippen molar-refractivity contribution in [3.8, 4) is 0 Å². The number of pyridine rings is 1. The minimum atomic E-state index is -4.41. The highest BCUT2D eigenvalue weighted by Gasteiger charge is 2.30. The molecule has 0 spiro atoms. The summed E-state index contributed by atoms with van der Waals surface area (Å²) in [6, 6.07) is 2.18. The van der Waals surface area contributed by atoms with Crippen LogP contribution >= 0.6 is 0 Å². The highest BCUT2D eigenvalue weighted by atomic mass is 19.4. The molecule has 0 aliphatic rings. The number of aromatic nitrogens is 1. The number of hydrogen-bond acceptors (Lipinski definition) is 3. The summed E-state index contributed by atoms with van der Waals surface area (Å²) in [6.45, 7) is -0.406. The lowest BCUT2D eigenvalue weighted by atomic mass is 10.2. The van der Waals surface area contributed by atoms with E-state index >= 15 is 0 Å². The Hall–Kier alpha value is -1.86. The van der Waals surface area contributed by atoms with Crippen molar-refractivity contribution in [1.82, 2.24) is 10.3 Å². The zero-order chi connectivity index (χ0) is 15.0. The second-order valence-electron chi connectivity index (χ2n) is 3.89. The maximum Gasteiger partial charge on any atom is 0.417 e. The van der Waals surface area contributed by atoms with E-state index in [0.717, 1.165) is 12.3 Å². The third kappa shape index (κ3) is 5.85. The van der Waals surface area contributed by atoms with E-state index in [1.54, 1.807) is 0 Å². The summed E-state index contributed by atoms with van der Waals surface area (Å²) >= 11 is 0. The van der Waals surface area contributed by atoms with Crippen molar-refractivity contribution in [3.05, 3.63) is 29.6 Å². The van der Waals surface area contributed by atoms with E-state index in [2.05, 4.69) is 15.0 Å². The van der Waals surface area contributed by atoms with Gasteiger partial charge in [0.1, 0.15) is 0 Å². The molecular weight excluding hydrogens is 280 g/mol. The molecule has 0 aromatic carbocycles. The zero-order valence-corrected chi connectivity index (χ0v) is 10.5. The van der Waals surface area contributed by atoms with Gasteiger partial charge in [0, 0.05) is 31.3 Å². The lowest BCUT2D eigenvalue weighted by Crippen LogP contribution is -2.27. The van der Waals surface area contributed by atoms with Crippen molar-refractivity contribution in [3.63, 3.8) is 0 Å². The smallest absolute Gasteiger partial charge is 0.417 e. The monoisotopic (exact) mass is 294 g/mol. The summed E-state index contributed by atoms with van der Waals surface area (Å²) in [4.78, 5) is 14.7. The van der Waals surface area contributed by atoms with Gasteiger partial charge in [0.25, 0.3) is 0 Å². The first-order valence-electron chi connectivity index (χ1n) is 5.92. The summed E-state index contributed by atoms with van der Waals surface area (Å²) in [7, 11) is 0. The number of nitrogens with one attached hydrogen (secondary N) is 1. The van der Waals surface area contributed by atoms with Crippen molar-refractivity contribution in [1.29, 1.82) is 0 Å². The zero-order valence-electron chi connectivity index (χ0n) is 10.5. The van der Waals surface area contributed by atoms with Crippen LogP contribution in [0, 0.1) is 0 Å². The lowest BCUT2D eigenvalue weighted by Gasteiger charge is -2.08. The topological polar surface area (TPSA) is 51.2 Å². The molecule has 0 aliphatic carbocycles. The average Bonchev–Trinajstić information content (AvgIpc) is 2.38. The van der Waals surface area contributed by atoms with Crippen LogP contribution < -0.4 is 5.32 Å². The van der Waals surface area contributed by atoms with Gasteiger partial charge in [-0.1, -0.05) is 0 Å². The Labute approximate surface area is 113 Å². The van der Waals surface area contributed by atoms with Crippen LogP contribution in [0.5, 0.6) is 0 Å². The molecule has 1 heterocycles. The molecule has 4 nitrogen and oxygen atoms in total. The van der Waals surface area contributed by atoms with E-state index < -0.39 is 24.5 Å². The molecule has 1 aromatic rings. The van der Waals surface area contributed by atoms with Crippen LogP contribution in [0.25, 0.3) is 0 Å². The standard InChI is InChI=1S/C12H14F4N2O2/c13-5-1-7-20-11(19)17-6-4-10-3-2-9(8-18-10)12(14,15)16/h2-3,8H,1,4-7H2,(H,17,19). The Morgan fingerprint density at radius 1 is 1.35 bits per heavy atom. The fraction of sp³-hybridized carbons (Fsp3) is 0.500. The first kappa shape index (κ1) is 16.2. The molecule has 0 unspecified atom stereocenters. The molecule has 0 saturated carbocycles. The summed E-state index contributed by atoms with van der Waals surface area (Å²) in [5, 5.41) is 2.39. The Morgan fingerprint density at radius 3 is 2.65 bits per heavy atom. The number of amides is 1. The van der Waals surface area contributed by atoms with Crippen LogP contribution in [0.4, 0.5) is 22.4 Å². The van der Waals surface area contributed by atoms with E-state index in [1.165, 1.54) is 6.07 Å². The van der Waals surface area contributed by atoms with E-state index in [9.17, 15) is 22.4 Å². The molecule has 20 heavy (non-hydrogen) atoms. The van der Waals surface area contributed by atoms with Crippen LogP contribution in [0.3, 0.4) is 0 Å². The second-order valence-corrected chi connectivity index (χ2v) is 3.89. The molecule has 1 amide bonds. The van der Waals surface area contributed by atoms with Gasteiger partial charge in [-0.25, -0.2) is 4.79 Å². The highest BCUT2D eigenvalue weighted by molar-refractivity contribution is 5.67. The molecule has 0 aliphatic heterocycles. The predicted molar refractivity (Wildman–Crippen MR) is 62.9 cm³/mol. The van der Waals surface area contributed by atoms with Gasteiger partial charge in [-0.3, -0.25) is 9.37 Å². The first-order chi connectivity index (χ1) is 9.43. The molecular formula is C12H14F4N2O2. The van der Waals surface area contributed by atoms with Gasteiger partial charge in [-0.2, -0.15) is 13.2 Å². The van der Waals surface area contributed by atoms with Crippen molar-refractivity contribution in [2.45, 2.75) is 19.0 Å². The van der Waals surface area contributed by atoms with Gasteiger partial charge < -0.3 is 10.1 Å². The predicted octanol–water partition coefficient (Wildman–Crippen LogP) is 2.73. The number of carbonyl (C=O) groups excluding carboxylic acids is 1. The Morgan fingerprint density at radius 2 is 2.10 bits per heavy atom. The number of rotatable bonds is 6. The summed E-state index contributed by atoms with van der Waals surface area (Å²) < 4.78 is 53.2. The first-order valence-corrected chi connectivity index (χ1v) is 5.92. The minimum Gasteiger partial charge on any atom is -0.449 e. The second kappa shape index (κ2) is 7.66. The van der Waals surface area contributed by atoms with Crippen LogP contribution in [0.1, 0.15) is 17.7 Å². The van der Waals surface area contributed by atoms with Gasteiger partial charge >= 0.3 is 12.3 Å². The number of ether oxygens (including phenoxy) is 1. The number of alkyl halides is 4. The van der Waals surface area contributed by atoms with Gasteiger partial charge in [0.15, 0.2) is 0 Å². The molecule has 8 heteroatoms. The van der Waals surface area contributed by atoms with Crippen molar-refractivity contribution in [2.24, 2.45) is 0 Å². The van der Waals surface area contributed by atoms with Crippen molar-refractivity contribution >= 4 is 6.09 Å². The lowest BCUT2D eigenvalue weighted by molar-refractivity contribution is -0.137. The maximum absolute atomic E-state index is 12.3. The van der Waals surface area contributed by atoms with E-state index in [4.69, 9.17) is 0 Å². The minimum absolute atomic E-state index is 0.0130. The number of alkyl carbamates (subject to hydrolysis) is 1. The van der Waals surface area contributed by atoms with E-state index in [-0.39, 0.29) is 26.0 Å².